The summed E-state index contributed by atoms with van der Waals surface area (Å²) in [5, 5.41) is 3.02. The van der Waals surface area contributed by atoms with Gasteiger partial charge in [-0.25, -0.2) is 4.39 Å². The first kappa shape index (κ1) is 18.2. The zero-order valence-corrected chi connectivity index (χ0v) is 14.9. The molecule has 2 aromatic carbocycles. The molecule has 2 aromatic rings. The zero-order valence-electron chi connectivity index (χ0n) is 14.9. The molecule has 2 rings (SSSR count). The second kappa shape index (κ2) is 7.61. The van der Waals surface area contributed by atoms with Crippen molar-refractivity contribution < 1.29 is 9.18 Å². The highest BCUT2D eigenvalue weighted by atomic mass is 19.1. The fraction of sp³-hybridized carbons (Fsp3) is 0.381. The van der Waals surface area contributed by atoms with Gasteiger partial charge in [0.1, 0.15) is 5.82 Å². The third kappa shape index (κ3) is 5.19. The molecule has 3 heteroatoms. The Hall–Kier alpha value is -2.16. The van der Waals surface area contributed by atoms with E-state index in [0.29, 0.717) is 12.8 Å². The van der Waals surface area contributed by atoms with E-state index in [4.69, 9.17) is 0 Å². The Bertz CT molecular complexity index is 668. The predicted octanol–water partition coefficient (Wildman–Crippen LogP) is 4.93. The zero-order chi connectivity index (χ0) is 17.7. The quantitative estimate of drug-likeness (QED) is 0.828. The van der Waals surface area contributed by atoms with Crippen LogP contribution in [0.5, 0.6) is 0 Å². The Labute approximate surface area is 144 Å². The van der Waals surface area contributed by atoms with Crippen molar-refractivity contribution in [3.05, 3.63) is 71.0 Å². The maximum Gasteiger partial charge on any atom is 0.220 e. The van der Waals surface area contributed by atoms with Gasteiger partial charge in [-0.3, -0.25) is 4.79 Å². The topological polar surface area (TPSA) is 29.1 Å². The van der Waals surface area contributed by atoms with Crippen LogP contribution in [0, 0.1) is 5.82 Å². The SMILES string of the molecule is C[C@H](NC(=O)CCc1ccc(F)cc1)c1ccc(C(C)(C)C)cc1. The molecule has 0 fully saturated rings. The van der Waals surface area contributed by atoms with E-state index in [-0.39, 0.29) is 23.2 Å². The third-order valence-corrected chi connectivity index (χ3v) is 4.21. The van der Waals surface area contributed by atoms with Crippen molar-refractivity contribution >= 4 is 5.91 Å². The maximum atomic E-state index is 12.9. The summed E-state index contributed by atoms with van der Waals surface area (Å²) in [6, 6.07) is 14.7. The minimum absolute atomic E-state index is 0.00622. The summed E-state index contributed by atoms with van der Waals surface area (Å²) in [4.78, 5) is 12.1. The second-order valence-corrected chi connectivity index (χ2v) is 7.29. The fourth-order valence-corrected chi connectivity index (χ4v) is 2.58. The predicted molar refractivity (Wildman–Crippen MR) is 96.4 cm³/mol. The Kier molecular flexibility index (Phi) is 5.76. The molecule has 0 saturated heterocycles. The number of nitrogens with one attached hydrogen (secondary N) is 1. The van der Waals surface area contributed by atoms with E-state index >= 15 is 0 Å². The lowest BCUT2D eigenvalue weighted by Crippen LogP contribution is -2.26. The van der Waals surface area contributed by atoms with Gasteiger partial charge in [-0.2, -0.15) is 0 Å². The Balaban J connectivity index is 1.88. The van der Waals surface area contributed by atoms with E-state index in [9.17, 15) is 9.18 Å². The van der Waals surface area contributed by atoms with Gasteiger partial charge in [-0.15, -0.1) is 0 Å². The van der Waals surface area contributed by atoms with Crippen molar-refractivity contribution in [2.75, 3.05) is 0 Å². The number of halogens is 1. The lowest BCUT2D eigenvalue weighted by Gasteiger charge is -2.20. The summed E-state index contributed by atoms with van der Waals surface area (Å²) in [6.07, 6.45) is 1.01. The van der Waals surface area contributed by atoms with Crippen molar-refractivity contribution in [3.63, 3.8) is 0 Å². The maximum absolute atomic E-state index is 12.9. The van der Waals surface area contributed by atoms with Gasteiger partial charge in [0.2, 0.25) is 5.91 Å². The van der Waals surface area contributed by atoms with Crippen LogP contribution in [-0.2, 0) is 16.6 Å². The molecule has 1 atom stereocenters. The summed E-state index contributed by atoms with van der Waals surface area (Å²) in [5.74, 6) is -0.248. The molecule has 1 amide bonds. The molecule has 0 spiro atoms. The monoisotopic (exact) mass is 327 g/mol. The van der Waals surface area contributed by atoms with Crippen molar-refractivity contribution in [2.45, 2.75) is 52.0 Å². The van der Waals surface area contributed by atoms with Crippen molar-refractivity contribution in [1.82, 2.24) is 5.32 Å². The number of carbonyl (C=O) groups is 1. The van der Waals surface area contributed by atoms with Crippen LogP contribution in [0.2, 0.25) is 0 Å². The van der Waals surface area contributed by atoms with Crippen LogP contribution in [0.25, 0.3) is 0 Å². The molecule has 128 valence electrons. The Morgan fingerprint density at radius 3 is 2.17 bits per heavy atom. The molecular weight excluding hydrogens is 301 g/mol. The van der Waals surface area contributed by atoms with Gasteiger partial charge in [-0.05, 0) is 47.6 Å². The summed E-state index contributed by atoms with van der Waals surface area (Å²) < 4.78 is 12.9. The number of hydrogen-bond acceptors (Lipinski definition) is 1. The summed E-state index contributed by atoms with van der Waals surface area (Å²) in [7, 11) is 0. The average molecular weight is 327 g/mol. The minimum atomic E-state index is -0.254. The highest BCUT2D eigenvalue weighted by Gasteiger charge is 2.15. The molecular formula is C21H26FNO. The van der Waals surface area contributed by atoms with Gasteiger partial charge in [0.05, 0.1) is 6.04 Å². The Morgan fingerprint density at radius 2 is 1.62 bits per heavy atom. The van der Waals surface area contributed by atoms with E-state index < -0.39 is 0 Å². The smallest absolute Gasteiger partial charge is 0.220 e. The third-order valence-electron chi connectivity index (χ3n) is 4.21. The molecule has 24 heavy (non-hydrogen) atoms. The molecule has 0 bridgehead atoms. The molecule has 0 saturated carbocycles. The molecule has 0 aliphatic rings. The van der Waals surface area contributed by atoms with Crippen LogP contribution >= 0.6 is 0 Å². The molecule has 0 radical (unpaired) electrons. The van der Waals surface area contributed by atoms with Gasteiger partial charge >= 0.3 is 0 Å². The average Bonchev–Trinajstić information content (AvgIpc) is 2.53. The number of aryl methyl sites for hydroxylation is 1. The van der Waals surface area contributed by atoms with Crippen LogP contribution in [0.1, 0.15) is 56.8 Å². The second-order valence-electron chi connectivity index (χ2n) is 7.29. The molecule has 0 heterocycles. The van der Waals surface area contributed by atoms with Crippen molar-refractivity contribution in [1.29, 1.82) is 0 Å². The largest absolute Gasteiger partial charge is 0.350 e. The Morgan fingerprint density at radius 1 is 1.04 bits per heavy atom. The van der Waals surface area contributed by atoms with E-state index in [0.717, 1.165) is 11.1 Å². The molecule has 2 nitrogen and oxygen atoms in total. The minimum Gasteiger partial charge on any atom is -0.350 e. The van der Waals surface area contributed by atoms with Crippen LogP contribution < -0.4 is 5.32 Å². The summed E-state index contributed by atoms with van der Waals surface area (Å²) >= 11 is 0. The van der Waals surface area contributed by atoms with E-state index in [1.165, 1.54) is 17.7 Å². The van der Waals surface area contributed by atoms with Crippen molar-refractivity contribution in [3.8, 4) is 0 Å². The number of benzene rings is 2. The fourth-order valence-electron chi connectivity index (χ4n) is 2.58. The number of rotatable bonds is 5. The molecule has 1 N–H and O–H groups in total. The standard InChI is InChI=1S/C21H26FNO/c1-15(17-8-10-18(11-9-17)21(2,3)4)23-20(24)14-7-16-5-12-19(22)13-6-16/h5-6,8-13,15H,7,14H2,1-4H3,(H,23,24)/t15-/m0/s1. The van der Waals surface area contributed by atoms with Gasteiger partial charge < -0.3 is 5.32 Å². The molecule has 0 aliphatic heterocycles. The molecule has 0 aromatic heterocycles. The molecule has 0 aliphatic carbocycles. The van der Waals surface area contributed by atoms with E-state index in [1.807, 2.05) is 6.92 Å². The summed E-state index contributed by atoms with van der Waals surface area (Å²) in [6.45, 7) is 8.54. The first-order valence-corrected chi connectivity index (χ1v) is 8.40. The van der Waals surface area contributed by atoms with Gasteiger partial charge in [-0.1, -0.05) is 57.2 Å². The number of hydrogen-bond donors (Lipinski definition) is 1. The lowest BCUT2D eigenvalue weighted by molar-refractivity contribution is -0.121. The van der Waals surface area contributed by atoms with Crippen LogP contribution in [0.15, 0.2) is 48.5 Å². The lowest BCUT2D eigenvalue weighted by atomic mass is 9.86. The molecule has 0 unspecified atom stereocenters. The first-order valence-electron chi connectivity index (χ1n) is 8.40. The highest BCUT2D eigenvalue weighted by molar-refractivity contribution is 5.76. The van der Waals surface area contributed by atoms with Crippen LogP contribution in [-0.4, -0.2) is 5.91 Å². The van der Waals surface area contributed by atoms with Gasteiger partial charge in [0.15, 0.2) is 0 Å². The van der Waals surface area contributed by atoms with Crippen LogP contribution in [0.4, 0.5) is 4.39 Å². The normalized spacial score (nSPS) is 12.7. The van der Waals surface area contributed by atoms with Gasteiger partial charge in [0, 0.05) is 6.42 Å². The number of carbonyl (C=O) groups excluding carboxylic acids is 1. The first-order chi connectivity index (χ1) is 11.3. The van der Waals surface area contributed by atoms with E-state index in [2.05, 4.69) is 50.4 Å². The van der Waals surface area contributed by atoms with Crippen LogP contribution in [0.3, 0.4) is 0 Å². The van der Waals surface area contributed by atoms with Gasteiger partial charge in [0.25, 0.3) is 0 Å². The van der Waals surface area contributed by atoms with Crippen molar-refractivity contribution in [2.24, 2.45) is 0 Å². The summed E-state index contributed by atoms with van der Waals surface area (Å²) in [5.41, 5.74) is 3.47. The van der Waals surface area contributed by atoms with E-state index in [1.54, 1.807) is 12.1 Å². The highest BCUT2D eigenvalue weighted by Crippen LogP contribution is 2.23. The number of amides is 1.